The molecule has 0 spiro atoms. The standard InChI is InChI=1S/C23H27ClN6O2/c1-13-20(11-26-30(13)16-2-3-16)28-23-25-10-15-8-18(24)17(9-19(15)27-23)14-4-6-29(7-5-14)21-12-32-22(21)31/h8-11,14,16,21-22,31H,2-7,12H2,1H3,(H,25,27,28). The Kier molecular flexibility index (Phi) is 5.06. The average molecular weight is 455 g/mol. The van der Waals surface area contributed by atoms with Crippen LogP contribution in [0.2, 0.25) is 5.02 Å². The monoisotopic (exact) mass is 454 g/mol. The van der Waals surface area contributed by atoms with E-state index in [1.165, 1.54) is 12.8 Å². The van der Waals surface area contributed by atoms with Crippen LogP contribution in [0.3, 0.4) is 0 Å². The predicted molar refractivity (Wildman–Crippen MR) is 122 cm³/mol. The number of aromatic nitrogens is 4. The third-order valence-corrected chi connectivity index (χ3v) is 7.41. The van der Waals surface area contributed by atoms with Crippen LogP contribution in [-0.2, 0) is 4.74 Å². The first kappa shape index (κ1) is 20.4. The Morgan fingerprint density at radius 2 is 1.97 bits per heavy atom. The van der Waals surface area contributed by atoms with E-state index < -0.39 is 6.29 Å². The number of fused-ring (bicyclic) bond motifs is 1. The molecule has 2 aromatic heterocycles. The summed E-state index contributed by atoms with van der Waals surface area (Å²) in [4.78, 5) is 11.6. The molecule has 2 unspecified atom stereocenters. The minimum Gasteiger partial charge on any atom is -0.367 e. The van der Waals surface area contributed by atoms with Gasteiger partial charge < -0.3 is 15.2 Å². The molecule has 9 heteroatoms. The van der Waals surface area contributed by atoms with Crippen LogP contribution in [0.15, 0.2) is 24.5 Å². The number of hydrogen-bond donors (Lipinski definition) is 2. The highest BCUT2D eigenvalue weighted by Crippen LogP contribution is 2.38. The lowest BCUT2D eigenvalue weighted by Gasteiger charge is -2.44. The van der Waals surface area contributed by atoms with Gasteiger partial charge in [-0.15, -0.1) is 0 Å². The van der Waals surface area contributed by atoms with Crippen molar-refractivity contribution in [2.75, 3.05) is 25.0 Å². The zero-order valence-electron chi connectivity index (χ0n) is 18.0. The molecule has 2 saturated heterocycles. The van der Waals surface area contributed by atoms with Gasteiger partial charge in [0.2, 0.25) is 5.95 Å². The molecular formula is C23H27ClN6O2. The Balaban J connectivity index is 1.21. The van der Waals surface area contributed by atoms with Crippen molar-refractivity contribution in [1.29, 1.82) is 0 Å². The molecule has 3 fully saturated rings. The molecule has 2 aliphatic heterocycles. The lowest BCUT2D eigenvalue weighted by atomic mass is 9.88. The molecule has 2 atom stereocenters. The fourth-order valence-corrected chi connectivity index (χ4v) is 5.22. The summed E-state index contributed by atoms with van der Waals surface area (Å²) in [7, 11) is 0. The molecule has 168 valence electrons. The molecule has 1 aromatic carbocycles. The summed E-state index contributed by atoms with van der Waals surface area (Å²) < 4.78 is 7.21. The van der Waals surface area contributed by atoms with Crippen LogP contribution in [0, 0.1) is 6.92 Å². The third kappa shape index (κ3) is 3.65. The van der Waals surface area contributed by atoms with E-state index in [1.807, 2.05) is 18.5 Å². The van der Waals surface area contributed by atoms with E-state index in [4.69, 9.17) is 21.3 Å². The number of aliphatic hydroxyl groups excluding tert-OH is 1. The SMILES string of the molecule is Cc1c(Nc2ncc3cc(Cl)c(C4CCN(C5COC5O)CC4)cc3n2)cnn1C1CC1. The molecule has 8 nitrogen and oxygen atoms in total. The minimum absolute atomic E-state index is 0.136. The van der Waals surface area contributed by atoms with Crippen molar-refractivity contribution < 1.29 is 9.84 Å². The van der Waals surface area contributed by atoms with Gasteiger partial charge in [-0.2, -0.15) is 5.10 Å². The van der Waals surface area contributed by atoms with Gasteiger partial charge in [0.1, 0.15) is 0 Å². The van der Waals surface area contributed by atoms with Gasteiger partial charge in [0.25, 0.3) is 0 Å². The molecule has 1 aliphatic carbocycles. The number of benzene rings is 1. The fourth-order valence-electron chi connectivity index (χ4n) is 4.89. The number of hydrogen-bond acceptors (Lipinski definition) is 7. The predicted octanol–water partition coefficient (Wildman–Crippen LogP) is 3.76. The number of likely N-dealkylation sites (tertiary alicyclic amines) is 1. The van der Waals surface area contributed by atoms with Crippen LogP contribution in [0.1, 0.15) is 48.9 Å². The summed E-state index contributed by atoms with van der Waals surface area (Å²) >= 11 is 6.67. The maximum atomic E-state index is 9.78. The second-order valence-electron chi connectivity index (χ2n) is 9.17. The number of aliphatic hydroxyl groups is 1. The molecule has 1 saturated carbocycles. The summed E-state index contributed by atoms with van der Waals surface area (Å²) in [5, 5.41) is 19.3. The topological polar surface area (TPSA) is 88.3 Å². The molecular weight excluding hydrogens is 428 g/mol. The largest absolute Gasteiger partial charge is 0.367 e. The van der Waals surface area contributed by atoms with Gasteiger partial charge in [-0.3, -0.25) is 9.58 Å². The van der Waals surface area contributed by atoms with Crippen molar-refractivity contribution >= 4 is 34.1 Å². The highest BCUT2D eigenvalue weighted by molar-refractivity contribution is 6.32. The van der Waals surface area contributed by atoms with Crippen LogP contribution < -0.4 is 5.32 Å². The van der Waals surface area contributed by atoms with Gasteiger partial charge in [0.15, 0.2) is 6.29 Å². The maximum Gasteiger partial charge on any atom is 0.227 e. The Morgan fingerprint density at radius 3 is 2.66 bits per heavy atom. The van der Waals surface area contributed by atoms with Gasteiger partial charge in [0.05, 0.1) is 41.8 Å². The number of halogens is 1. The van der Waals surface area contributed by atoms with Crippen molar-refractivity contribution in [3.05, 3.63) is 40.8 Å². The van der Waals surface area contributed by atoms with Crippen LogP contribution in [-0.4, -0.2) is 61.8 Å². The first-order valence-electron chi connectivity index (χ1n) is 11.4. The number of ether oxygens (including phenoxy) is 1. The summed E-state index contributed by atoms with van der Waals surface area (Å²) in [5.41, 5.74) is 4.09. The highest BCUT2D eigenvalue weighted by atomic mass is 35.5. The number of nitrogens with one attached hydrogen (secondary N) is 1. The lowest BCUT2D eigenvalue weighted by molar-refractivity contribution is -0.240. The zero-order chi connectivity index (χ0) is 21.8. The smallest absolute Gasteiger partial charge is 0.227 e. The molecule has 3 aromatic rings. The summed E-state index contributed by atoms with van der Waals surface area (Å²) in [6.07, 6.45) is 7.44. The second-order valence-corrected chi connectivity index (χ2v) is 9.58. The van der Waals surface area contributed by atoms with Crippen LogP contribution in [0.25, 0.3) is 10.9 Å². The highest BCUT2D eigenvalue weighted by Gasteiger charge is 2.37. The van der Waals surface area contributed by atoms with E-state index in [9.17, 15) is 5.11 Å². The second kappa shape index (κ2) is 7.95. The third-order valence-electron chi connectivity index (χ3n) is 7.09. The maximum absolute atomic E-state index is 9.78. The molecule has 0 amide bonds. The van der Waals surface area contributed by atoms with Crippen LogP contribution in [0.5, 0.6) is 0 Å². The Labute approximate surface area is 191 Å². The van der Waals surface area contributed by atoms with E-state index in [1.54, 1.807) is 0 Å². The van der Waals surface area contributed by atoms with Crippen LogP contribution >= 0.6 is 11.6 Å². The van der Waals surface area contributed by atoms with E-state index in [0.717, 1.165) is 58.8 Å². The Bertz CT molecular complexity index is 1150. The minimum atomic E-state index is -0.640. The number of nitrogens with zero attached hydrogens (tertiary/aromatic N) is 5. The quantitative estimate of drug-likeness (QED) is 0.606. The van der Waals surface area contributed by atoms with Crippen molar-refractivity contribution in [3.8, 4) is 0 Å². The lowest BCUT2D eigenvalue weighted by Crippen LogP contribution is -2.57. The average Bonchev–Trinajstić information content (AvgIpc) is 3.57. The molecule has 3 aliphatic rings. The van der Waals surface area contributed by atoms with Crippen molar-refractivity contribution in [2.45, 2.75) is 56.9 Å². The Hall–Kier alpha value is -2.26. The van der Waals surface area contributed by atoms with Gasteiger partial charge in [-0.05, 0) is 69.3 Å². The fraction of sp³-hybridized carbons (Fsp3) is 0.522. The number of rotatable bonds is 5. The molecule has 0 bridgehead atoms. The molecule has 2 N–H and O–H groups in total. The zero-order valence-corrected chi connectivity index (χ0v) is 18.8. The molecule has 4 heterocycles. The molecule has 0 radical (unpaired) electrons. The summed E-state index contributed by atoms with van der Waals surface area (Å²) in [6.45, 7) is 4.57. The molecule has 6 rings (SSSR count). The summed E-state index contributed by atoms with van der Waals surface area (Å²) in [5.74, 6) is 0.949. The van der Waals surface area contributed by atoms with E-state index in [2.05, 4.69) is 38.0 Å². The first-order chi connectivity index (χ1) is 15.6. The summed E-state index contributed by atoms with van der Waals surface area (Å²) in [6, 6.07) is 4.77. The van der Waals surface area contributed by atoms with Gasteiger partial charge in [-0.25, -0.2) is 9.97 Å². The van der Waals surface area contributed by atoms with E-state index in [0.29, 0.717) is 24.5 Å². The van der Waals surface area contributed by atoms with Gasteiger partial charge >= 0.3 is 0 Å². The normalized spacial score (nSPS) is 24.6. The van der Waals surface area contributed by atoms with E-state index >= 15 is 0 Å². The number of anilines is 2. The van der Waals surface area contributed by atoms with Crippen molar-refractivity contribution in [1.82, 2.24) is 24.6 Å². The van der Waals surface area contributed by atoms with Crippen molar-refractivity contribution in [3.63, 3.8) is 0 Å². The first-order valence-corrected chi connectivity index (χ1v) is 11.8. The van der Waals surface area contributed by atoms with Gasteiger partial charge in [0, 0.05) is 16.6 Å². The molecule has 32 heavy (non-hydrogen) atoms. The van der Waals surface area contributed by atoms with E-state index in [-0.39, 0.29) is 6.04 Å². The Morgan fingerprint density at radius 1 is 1.16 bits per heavy atom. The van der Waals surface area contributed by atoms with Crippen molar-refractivity contribution in [2.24, 2.45) is 0 Å². The van der Waals surface area contributed by atoms with Crippen LogP contribution in [0.4, 0.5) is 11.6 Å². The van der Waals surface area contributed by atoms with Gasteiger partial charge in [-0.1, -0.05) is 11.6 Å². The number of piperidine rings is 1.